The lowest BCUT2D eigenvalue weighted by molar-refractivity contribution is 1.12. The summed E-state index contributed by atoms with van der Waals surface area (Å²) in [7, 11) is 0. The number of hydrogen-bond acceptors (Lipinski definition) is 5. The molecule has 0 fully saturated rings. The minimum absolute atomic E-state index is 0.266. The Balaban J connectivity index is 1.71. The van der Waals surface area contributed by atoms with E-state index in [1.54, 1.807) is 36.5 Å². The summed E-state index contributed by atoms with van der Waals surface area (Å²) >= 11 is 17.8. The Morgan fingerprint density at radius 2 is 1.68 bits per heavy atom. The van der Waals surface area contributed by atoms with Crippen LogP contribution >= 0.6 is 34.8 Å². The summed E-state index contributed by atoms with van der Waals surface area (Å²) in [5.41, 5.74) is 4.42. The number of hydrazone groups is 1. The summed E-state index contributed by atoms with van der Waals surface area (Å²) in [5.74, 6) is 0.796. The molecule has 5 nitrogen and oxygen atoms in total. The van der Waals surface area contributed by atoms with Gasteiger partial charge < -0.3 is 5.32 Å². The standard InChI is InChI=1S/C17H12Cl3N5/c18-12-4-6-14(7-5-12)22-16-9-15(20)23-17(24-16)25-21-10-11-2-1-3-13(19)8-11/h1-10H,(H2,22,23,24,25)/b21-10+. The fraction of sp³-hybridized carbons (Fsp3) is 0. The first-order chi connectivity index (χ1) is 12.1. The molecule has 126 valence electrons. The van der Waals surface area contributed by atoms with Gasteiger partial charge in [-0.3, -0.25) is 0 Å². The molecular weight excluding hydrogens is 381 g/mol. The highest BCUT2D eigenvalue weighted by molar-refractivity contribution is 6.31. The van der Waals surface area contributed by atoms with Gasteiger partial charge in [0.2, 0.25) is 5.95 Å². The second kappa shape index (κ2) is 8.16. The highest BCUT2D eigenvalue weighted by atomic mass is 35.5. The topological polar surface area (TPSA) is 62.2 Å². The zero-order valence-corrected chi connectivity index (χ0v) is 15.0. The van der Waals surface area contributed by atoms with Crippen molar-refractivity contribution in [2.75, 3.05) is 10.7 Å². The van der Waals surface area contributed by atoms with E-state index in [4.69, 9.17) is 34.8 Å². The Hall–Kier alpha value is -2.34. The van der Waals surface area contributed by atoms with Crippen LogP contribution in [0.3, 0.4) is 0 Å². The molecule has 3 aromatic rings. The number of nitrogens with one attached hydrogen (secondary N) is 2. The fourth-order valence-electron chi connectivity index (χ4n) is 1.96. The van der Waals surface area contributed by atoms with E-state index in [0.717, 1.165) is 11.3 Å². The van der Waals surface area contributed by atoms with Crippen molar-refractivity contribution in [3.8, 4) is 0 Å². The van der Waals surface area contributed by atoms with Gasteiger partial charge in [-0.25, -0.2) is 5.43 Å². The van der Waals surface area contributed by atoms with Crippen LogP contribution in [0.15, 0.2) is 59.7 Å². The average Bonchev–Trinajstić information content (AvgIpc) is 2.57. The van der Waals surface area contributed by atoms with Crippen LogP contribution in [-0.2, 0) is 0 Å². The van der Waals surface area contributed by atoms with E-state index in [-0.39, 0.29) is 11.1 Å². The second-order valence-corrected chi connectivity index (χ2v) is 6.22. The highest BCUT2D eigenvalue weighted by Crippen LogP contribution is 2.20. The number of aromatic nitrogens is 2. The number of anilines is 3. The molecule has 0 aliphatic rings. The van der Waals surface area contributed by atoms with Gasteiger partial charge in [-0.05, 0) is 42.0 Å². The number of hydrogen-bond donors (Lipinski definition) is 2. The number of benzene rings is 2. The number of rotatable bonds is 5. The SMILES string of the molecule is Clc1ccc(Nc2cc(Cl)nc(N/N=C/c3cccc(Cl)c3)n2)cc1. The van der Waals surface area contributed by atoms with Gasteiger partial charge in [0.25, 0.3) is 0 Å². The van der Waals surface area contributed by atoms with Crippen LogP contribution in [0.5, 0.6) is 0 Å². The molecule has 0 amide bonds. The lowest BCUT2D eigenvalue weighted by Crippen LogP contribution is -2.01. The second-order valence-electron chi connectivity index (χ2n) is 4.96. The Morgan fingerprint density at radius 3 is 2.44 bits per heavy atom. The van der Waals surface area contributed by atoms with Crippen LogP contribution in [0.4, 0.5) is 17.5 Å². The van der Waals surface area contributed by atoms with Crippen molar-refractivity contribution in [3.63, 3.8) is 0 Å². The highest BCUT2D eigenvalue weighted by Gasteiger charge is 2.03. The van der Waals surface area contributed by atoms with Crippen LogP contribution in [0, 0.1) is 0 Å². The first-order valence-corrected chi connectivity index (χ1v) is 8.34. The fourth-order valence-corrected chi connectivity index (χ4v) is 2.47. The summed E-state index contributed by atoms with van der Waals surface area (Å²) in [6.07, 6.45) is 1.61. The monoisotopic (exact) mass is 391 g/mol. The van der Waals surface area contributed by atoms with Crippen molar-refractivity contribution in [1.29, 1.82) is 0 Å². The Labute approximate surface area is 159 Å². The average molecular weight is 393 g/mol. The molecule has 2 N–H and O–H groups in total. The summed E-state index contributed by atoms with van der Waals surface area (Å²) in [5, 5.41) is 8.79. The quantitative estimate of drug-likeness (QED) is 0.336. The van der Waals surface area contributed by atoms with Crippen LogP contribution in [0.25, 0.3) is 0 Å². The Morgan fingerprint density at radius 1 is 0.880 bits per heavy atom. The van der Waals surface area contributed by atoms with E-state index >= 15 is 0 Å². The Kier molecular flexibility index (Phi) is 5.71. The first kappa shape index (κ1) is 17.5. The minimum Gasteiger partial charge on any atom is -0.340 e. The van der Waals surface area contributed by atoms with Crippen LogP contribution in [-0.4, -0.2) is 16.2 Å². The predicted molar refractivity (Wildman–Crippen MR) is 104 cm³/mol. The minimum atomic E-state index is 0.266. The Bertz CT molecular complexity index is 897. The lowest BCUT2D eigenvalue weighted by atomic mass is 10.2. The maximum absolute atomic E-state index is 6.04. The first-order valence-electron chi connectivity index (χ1n) is 7.20. The molecule has 8 heteroatoms. The smallest absolute Gasteiger partial charge is 0.246 e. The third-order valence-corrected chi connectivity index (χ3v) is 3.72. The van der Waals surface area contributed by atoms with E-state index in [9.17, 15) is 0 Å². The number of nitrogens with zero attached hydrogens (tertiary/aromatic N) is 3. The summed E-state index contributed by atoms with van der Waals surface area (Å²) < 4.78 is 0. The van der Waals surface area contributed by atoms with Gasteiger partial charge in [0.15, 0.2) is 0 Å². The van der Waals surface area contributed by atoms with Crippen molar-refractivity contribution in [2.45, 2.75) is 0 Å². The molecule has 0 radical (unpaired) electrons. The molecule has 3 rings (SSSR count). The molecular formula is C17H12Cl3N5. The van der Waals surface area contributed by atoms with Gasteiger partial charge in [0.1, 0.15) is 11.0 Å². The van der Waals surface area contributed by atoms with Crippen LogP contribution < -0.4 is 10.7 Å². The molecule has 0 aliphatic carbocycles. The summed E-state index contributed by atoms with van der Waals surface area (Å²) in [4.78, 5) is 8.39. The third-order valence-electron chi connectivity index (χ3n) is 3.04. The third kappa shape index (κ3) is 5.32. The van der Waals surface area contributed by atoms with E-state index < -0.39 is 0 Å². The maximum atomic E-state index is 6.04. The van der Waals surface area contributed by atoms with Gasteiger partial charge in [-0.2, -0.15) is 15.1 Å². The molecule has 1 aromatic heterocycles. The molecule has 0 atom stereocenters. The van der Waals surface area contributed by atoms with Gasteiger partial charge in [0.05, 0.1) is 6.21 Å². The van der Waals surface area contributed by atoms with E-state index in [2.05, 4.69) is 25.8 Å². The molecule has 25 heavy (non-hydrogen) atoms. The van der Waals surface area contributed by atoms with Crippen molar-refractivity contribution in [1.82, 2.24) is 9.97 Å². The summed E-state index contributed by atoms with van der Waals surface area (Å²) in [6, 6.07) is 16.1. The van der Waals surface area contributed by atoms with Crippen molar-refractivity contribution < 1.29 is 0 Å². The van der Waals surface area contributed by atoms with Crippen molar-refractivity contribution in [2.24, 2.45) is 5.10 Å². The molecule has 0 saturated carbocycles. The molecule has 0 bridgehead atoms. The normalized spacial score (nSPS) is 10.8. The number of halogens is 3. The van der Waals surface area contributed by atoms with Crippen molar-refractivity contribution >= 4 is 58.5 Å². The predicted octanol–water partition coefficient (Wildman–Crippen LogP) is 5.63. The van der Waals surface area contributed by atoms with E-state index in [1.165, 1.54) is 0 Å². The van der Waals surface area contributed by atoms with Gasteiger partial charge >= 0.3 is 0 Å². The molecule has 0 aliphatic heterocycles. The van der Waals surface area contributed by atoms with E-state index in [1.807, 2.05) is 24.3 Å². The summed E-state index contributed by atoms with van der Waals surface area (Å²) in [6.45, 7) is 0. The van der Waals surface area contributed by atoms with Crippen LogP contribution in [0.2, 0.25) is 15.2 Å². The van der Waals surface area contributed by atoms with Crippen LogP contribution in [0.1, 0.15) is 5.56 Å². The largest absolute Gasteiger partial charge is 0.340 e. The van der Waals surface area contributed by atoms with E-state index in [0.29, 0.717) is 15.9 Å². The zero-order chi connectivity index (χ0) is 17.6. The molecule has 2 aromatic carbocycles. The van der Waals surface area contributed by atoms with Gasteiger partial charge in [0, 0.05) is 21.8 Å². The zero-order valence-electron chi connectivity index (χ0n) is 12.7. The molecule has 0 saturated heterocycles. The molecule has 1 heterocycles. The molecule has 0 unspecified atom stereocenters. The van der Waals surface area contributed by atoms with Crippen molar-refractivity contribution in [3.05, 3.63) is 75.4 Å². The lowest BCUT2D eigenvalue weighted by Gasteiger charge is -2.07. The molecule has 0 spiro atoms. The van der Waals surface area contributed by atoms with Gasteiger partial charge in [-0.1, -0.05) is 46.9 Å². The maximum Gasteiger partial charge on any atom is 0.246 e. The van der Waals surface area contributed by atoms with Gasteiger partial charge in [-0.15, -0.1) is 0 Å².